The fraction of sp³-hybridized carbons (Fsp3) is 0.875. The Morgan fingerprint density at radius 2 is 2.14 bits per heavy atom. The second-order valence-electron chi connectivity index (χ2n) is 6.74. The summed E-state index contributed by atoms with van der Waals surface area (Å²) < 4.78 is 5.91. The topological polar surface area (TPSA) is 58.6 Å². The molecule has 118 valence electrons. The molecule has 21 heavy (non-hydrogen) atoms. The maximum Gasteiger partial charge on any atom is 0.245 e. The summed E-state index contributed by atoms with van der Waals surface area (Å²) in [6.07, 6.45) is 7.16. The van der Waals surface area contributed by atoms with Gasteiger partial charge in [0.05, 0.1) is 6.10 Å². The summed E-state index contributed by atoms with van der Waals surface area (Å²) in [4.78, 5) is 25.8. The van der Waals surface area contributed by atoms with E-state index in [4.69, 9.17) is 4.74 Å². The quantitative estimate of drug-likeness (QED) is 0.854. The Hall–Kier alpha value is -1.10. The second-order valence-corrected chi connectivity index (χ2v) is 6.74. The number of amides is 2. The van der Waals surface area contributed by atoms with Gasteiger partial charge in [0.15, 0.2) is 0 Å². The largest absolute Gasteiger partial charge is 0.378 e. The van der Waals surface area contributed by atoms with Crippen LogP contribution in [0.15, 0.2) is 0 Å². The highest BCUT2D eigenvalue weighted by molar-refractivity contribution is 5.91. The summed E-state index contributed by atoms with van der Waals surface area (Å²) in [5, 5.41) is 2.79. The van der Waals surface area contributed by atoms with Crippen molar-refractivity contribution in [1.82, 2.24) is 10.2 Å². The number of nitrogens with one attached hydrogen (secondary N) is 1. The summed E-state index contributed by atoms with van der Waals surface area (Å²) in [7, 11) is 1.90. The molecule has 1 heterocycles. The summed E-state index contributed by atoms with van der Waals surface area (Å²) in [5.41, 5.74) is 0.170. The Morgan fingerprint density at radius 1 is 1.43 bits per heavy atom. The van der Waals surface area contributed by atoms with Gasteiger partial charge in [-0.2, -0.15) is 0 Å². The third kappa shape index (κ3) is 2.35. The van der Waals surface area contributed by atoms with E-state index in [0.29, 0.717) is 18.9 Å². The standard InChI is InChI=1S/C16H26N2O3/c1-3-21-13-10-12(16(13)8-4-5-9-16)18(2)15(20)11-6-7-14(19)17-11/h11-13H,3-10H2,1-2H3,(H,17,19)/t11-,12+,13+/m0/s1. The van der Waals surface area contributed by atoms with Gasteiger partial charge in [0, 0.05) is 31.5 Å². The van der Waals surface area contributed by atoms with Gasteiger partial charge in [-0.05, 0) is 32.6 Å². The molecular weight excluding hydrogens is 268 g/mol. The van der Waals surface area contributed by atoms with Crippen LogP contribution in [0.3, 0.4) is 0 Å². The zero-order chi connectivity index (χ0) is 15.0. The van der Waals surface area contributed by atoms with Crippen LogP contribution in [0.2, 0.25) is 0 Å². The smallest absolute Gasteiger partial charge is 0.245 e. The van der Waals surface area contributed by atoms with Crippen LogP contribution in [0.1, 0.15) is 51.9 Å². The van der Waals surface area contributed by atoms with Gasteiger partial charge in [0.1, 0.15) is 6.04 Å². The number of ether oxygens (including phenoxy) is 1. The molecule has 5 nitrogen and oxygen atoms in total. The number of rotatable bonds is 4. The summed E-state index contributed by atoms with van der Waals surface area (Å²) >= 11 is 0. The van der Waals surface area contributed by atoms with Crippen molar-refractivity contribution >= 4 is 11.8 Å². The first-order valence-electron chi connectivity index (χ1n) is 8.26. The minimum atomic E-state index is -0.313. The SMILES string of the molecule is CCO[C@@H]1C[C@@H](N(C)C(=O)[C@@H]2CCC(=O)N2)C12CCCC2. The molecule has 1 N–H and O–H groups in total. The van der Waals surface area contributed by atoms with Gasteiger partial charge in [-0.3, -0.25) is 9.59 Å². The van der Waals surface area contributed by atoms with E-state index in [0.717, 1.165) is 25.9 Å². The summed E-state index contributed by atoms with van der Waals surface area (Å²) in [6, 6.07) is -0.0337. The average molecular weight is 294 g/mol. The van der Waals surface area contributed by atoms with Crippen molar-refractivity contribution < 1.29 is 14.3 Å². The molecule has 0 unspecified atom stereocenters. The van der Waals surface area contributed by atoms with Gasteiger partial charge in [0.2, 0.25) is 11.8 Å². The van der Waals surface area contributed by atoms with E-state index >= 15 is 0 Å². The molecule has 3 atom stereocenters. The van der Waals surface area contributed by atoms with E-state index < -0.39 is 0 Å². The molecule has 1 spiro atoms. The molecule has 0 aromatic carbocycles. The highest BCUT2D eigenvalue weighted by Gasteiger charge is 2.59. The Bertz CT molecular complexity index is 431. The Labute approximate surface area is 126 Å². The molecule has 5 heteroatoms. The molecule has 3 fully saturated rings. The molecule has 0 bridgehead atoms. The molecule has 2 amide bonds. The average Bonchev–Trinajstić information content (AvgIpc) is 3.11. The minimum Gasteiger partial charge on any atom is -0.378 e. The summed E-state index contributed by atoms with van der Waals surface area (Å²) in [6.45, 7) is 2.79. The van der Waals surface area contributed by atoms with Gasteiger partial charge >= 0.3 is 0 Å². The number of carbonyl (C=O) groups is 2. The third-order valence-corrected chi connectivity index (χ3v) is 5.75. The lowest BCUT2D eigenvalue weighted by Crippen LogP contribution is -2.65. The first-order chi connectivity index (χ1) is 10.1. The minimum absolute atomic E-state index is 0.00173. The van der Waals surface area contributed by atoms with Crippen LogP contribution in [-0.4, -0.2) is 48.6 Å². The van der Waals surface area contributed by atoms with Gasteiger partial charge in [-0.25, -0.2) is 0 Å². The van der Waals surface area contributed by atoms with Crippen molar-refractivity contribution in [2.75, 3.05) is 13.7 Å². The van der Waals surface area contributed by atoms with E-state index in [2.05, 4.69) is 5.32 Å². The number of nitrogens with zero attached hydrogens (tertiary/aromatic N) is 1. The van der Waals surface area contributed by atoms with Crippen molar-refractivity contribution in [2.45, 2.75) is 70.1 Å². The molecular formula is C16H26N2O3. The molecule has 0 radical (unpaired) electrons. The number of carbonyl (C=O) groups excluding carboxylic acids is 2. The zero-order valence-corrected chi connectivity index (χ0v) is 13.1. The highest BCUT2D eigenvalue weighted by atomic mass is 16.5. The third-order valence-electron chi connectivity index (χ3n) is 5.75. The maximum absolute atomic E-state index is 12.6. The number of hydrogen-bond acceptors (Lipinski definition) is 3. The van der Waals surface area contributed by atoms with Crippen LogP contribution >= 0.6 is 0 Å². The lowest BCUT2D eigenvalue weighted by atomic mass is 9.60. The van der Waals surface area contributed by atoms with Gasteiger partial charge in [-0.15, -0.1) is 0 Å². The van der Waals surface area contributed by atoms with E-state index in [1.807, 2.05) is 18.9 Å². The van der Waals surface area contributed by atoms with Gasteiger partial charge in [-0.1, -0.05) is 12.8 Å². The maximum atomic E-state index is 12.6. The van der Waals surface area contributed by atoms with E-state index in [-0.39, 0.29) is 29.3 Å². The van der Waals surface area contributed by atoms with Crippen LogP contribution in [0.5, 0.6) is 0 Å². The molecule has 1 saturated heterocycles. The van der Waals surface area contributed by atoms with Crippen molar-refractivity contribution in [2.24, 2.45) is 5.41 Å². The van der Waals surface area contributed by atoms with Crippen LogP contribution in [0.4, 0.5) is 0 Å². The fourth-order valence-corrected chi connectivity index (χ4v) is 4.59. The Kier molecular flexibility index (Phi) is 3.95. The molecule has 0 aromatic rings. The monoisotopic (exact) mass is 294 g/mol. The van der Waals surface area contributed by atoms with Crippen LogP contribution in [-0.2, 0) is 14.3 Å². The first kappa shape index (κ1) is 14.8. The molecule has 1 aliphatic heterocycles. The first-order valence-corrected chi connectivity index (χ1v) is 8.26. The predicted molar refractivity (Wildman–Crippen MR) is 78.7 cm³/mol. The van der Waals surface area contributed by atoms with Gasteiger partial charge in [0.25, 0.3) is 0 Å². The number of likely N-dealkylation sites (N-methyl/N-ethyl adjacent to an activating group) is 1. The van der Waals surface area contributed by atoms with Crippen LogP contribution in [0, 0.1) is 5.41 Å². The van der Waals surface area contributed by atoms with Crippen molar-refractivity contribution in [3.05, 3.63) is 0 Å². The normalized spacial score (nSPS) is 33.8. The lowest BCUT2D eigenvalue weighted by Gasteiger charge is -2.57. The highest BCUT2D eigenvalue weighted by Crippen LogP contribution is 2.56. The molecule has 0 aromatic heterocycles. The lowest BCUT2D eigenvalue weighted by molar-refractivity contribution is -0.173. The second kappa shape index (κ2) is 5.59. The molecule has 2 aliphatic carbocycles. The zero-order valence-electron chi connectivity index (χ0n) is 13.1. The van der Waals surface area contributed by atoms with Gasteiger partial charge < -0.3 is 15.0 Å². The Morgan fingerprint density at radius 3 is 2.71 bits per heavy atom. The van der Waals surface area contributed by atoms with Crippen molar-refractivity contribution in [3.8, 4) is 0 Å². The summed E-state index contributed by atoms with van der Waals surface area (Å²) in [5.74, 6) is 0.0743. The van der Waals surface area contributed by atoms with Crippen molar-refractivity contribution in [3.63, 3.8) is 0 Å². The van der Waals surface area contributed by atoms with Crippen molar-refractivity contribution in [1.29, 1.82) is 0 Å². The predicted octanol–water partition coefficient (Wildman–Crippen LogP) is 1.46. The Balaban J connectivity index is 1.68. The van der Waals surface area contributed by atoms with Crippen LogP contribution in [0.25, 0.3) is 0 Å². The van der Waals surface area contributed by atoms with E-state index in [9.17, 15) is 9.59 Å². The number of hydrogen-bond donors (Lipinski definition) is 1. The molecule has 3 aliphatic rings. The van der Waals surface area contributed by atoms with Crippen LogP contribution < -0.4 is 5.32 Å². The van der Waals surface area contributed by atoms with E-state index in [1.54, 1.807) is 0 Å². The molecule has 2 saturated carbocycles. The fourth-order valence-electron chi connectivity index (χ4n) is 4.59. The van der Waals surface area contributed by atoms with E-state index in [1.165, 1.54) is 12.8 Å². The molecule has 3 rings (SSSR count).